The number of aromatic amines is 1. The van der Waals surface area contributed by atoms with E-state index < -0.39 is 114 Å². The molecule has 11 atom stereocenters. The lowest BCUT2D eigenvalue weighted by molar-refractivity contribution is -0.136. The highest BCUT2D eigenvalue weighted by molar-refractivity contribution is 5.98. The molecule has 0 radical (unpaired) electrons. The van der Waals surface area contributed by atoms with Crippen LogP contribution >= 0.6 is 0 Å². The molecule has 1 unspecified atom stereocenters. The Bertz CT molecular complexity index is 2460. The van der Waals surface area contributed by atoms with E-state index in [9.17, 15) is 53.7 Å². The molecule has 4 rings (SSSR count). The lowest BCUT2D eigenvalue weighted by atomic mass is 10.00. The van der Waals surface area contributed by atoms with E-state index in [1.165, 1.54) is 6.92 Å². The number of aliphatic hydroxyl groups excluding tert-OH is 3. The zero-order valence-corrected chi connectivity index (χ0v) is 47.5. The highest BCUT2D eigenvalue weighted by atomic mass is 16.3. The molecule has 24 nitrogen and oxygen atoms in total. The van der Waals surface area contributed by atoms with Crippen molar-refractivity contribution >= 4 is 58.2 Å². The van der Waals surface area contributed by atoms with Crippen molar-refractivity contribution in [2.45, 2.75) is 191 Å². The fourth-order valence-corrected chi connectivity index (χ4v) is 9.66. The molecule has 2 aromatic carbocycles. The first-order valence-electron chi connectivity index (χ1n) is 28.7. The zero-order valence-electron chi connectivity index (χ0n) is 47.5. The Morgan fingerprint density at radius 3 is 1.81 bits per heavy atom. The number of para-hydroxylation sites is 1. The summed E-state index contributed by atoms with van der Waals surface area (Å²) in [7, 11) is 0. The number of benzene rings is 2. The molecule has 0 bridgehead atoms. The fraction of sp³-hybridized carbons (Fsp3) is 0.614. The van der Waals surface area contributed by atoms with Crippen LogP contribution in [0.3, 0.4) is 0 Å². The first kappa shape index (κ1) is 67.0. The minimum Gasteiger partial charge on any atom is -0.393 e. The summed E-state index contributed by atoms with van der Waals surface area (Å²) in [5.41, 5.74) is 20.1. The quantitative estimate of drug-likeness (QED) is 0.0458. The number of unbranched alkanes of at least 4 members (excludes halogenated alkanes) is 4. The number of nitrogens with one attached hydrogen (secondary N) is 10. The lowest BCUT2D eigenvalue weighted by Crippen LogP contribution is -2.61. The molecule has 81 heavy (non-hydrogen) atoms. The summed E-state index contributed by atoms with van der Waals surface area (Å²) < 4.78 is 0. The average molecular weight is 1130 g/mol. The largest absolute Gasteiger partial charge is 0.393 e. The van der Waals surface area contributed by atoms with Gasteiger partial charge in [0.25, 0.3) is 0 Å². The molecule has 1 saturated heterocycles. The molecular weight excluding hydrogens is 1040 g/mol. The number of aryl methyl sites for hydroxylation is 1. The first-order chi connectivity index (χ1) is 38.8. The van der Waals surface area contributed by atoms with E-state index in [4.69, 9.17) is 17.2 Å². The third-order valence-electron chi connectivity index (χ3n) is 14.2. The number of carbonyl (C=O) groups is 8. The van der Waals surface area contributed by atoms with Gasteiger partial charge in [0.2, 0.25) is 47.3 Å². The van der Waals surface area contributed by atoms with E-state index in [-0.39, 0.29) is 83.5 Å². The molecule has 0 aliphatic carbocycles. The third kappa shape index (κ3) is 22.7. The van der Waals surface area contributed by atoms with Crippen LogP contribution < -0.4 is 65.1 Å². The summed E-state index contributed by atoms with van der Waals surface area (Å²) in [6, 6.07) is 5.48. The standard InChI is InChI=1S/C57H91N13O11/c1-5-6-7-8-12-17-38(72)32-48(73)63-41(21-20-37-33-62-40-19-14-13-18-39(37)40)50(74)67-45-25-29-61-57(81)49(35(4)71)70-54(78)44(24-28-60)65-51(75)42(22-26-58)66-55(79)46(30-34(2)3)68-56(80)47(31-36-15-10-9-11-16-36)69-52(76)43(23-27-59)64-53(45)77/h9-11,13-16,18-19,33-35,38,41-47,49,57,61-62,71-72,81H,5-8,12,17,20-32,58-60H2,1-4H3,(H,63,73)(H,64,77)(H,65,75)(H,66,79)(H,67,74)(H,68,80)(H,69,76)(H,70,78)/t35-,38-,41-,42+,43+,44+,45+,46+,47-,49+,57?/m1/s1. The average Bonchev–Trinajstić information content (AvgIpc) is 3.85. The molecule has 0 saturated carbocycles. The molecule has 24 heteroatoms. The summed E-state index contributed by atoms with van der Waals surface area (Å²) in [5.74, 6) is -6.47. The van der Waals surface area contributed by atoms with Crippen molar-refractivity contribution in [3.05, 3.63) is 71.9 Å². The molecule has 8 amide bonds. The van der Waals surface area contributed by atoms with E-state index in [1.807, 2.05) is 38.1 Å². The second kappa shape index (κ2) is 35.3. The van der Waals surface area contributed by atoms with Crippen molar-refractivity contribution in [3.63, 3.8) is 0 Å². The number of amides is 8. The Kier molecular flexibility index (Phi) is 29.2. The van der Waals surface area contributed by atoms with Crippen LogP contribution in [0.25, 0.3) is 10.9 Å². The number of hydrogen-bond donors (Lipinski definition) is 16. The molecule has 1 aromatic heterocycles. The number of hydrogen-bond acceptors (Lipinski definition) is 15. The molecule has 2 heterocycles. The van der Waals surface area contributed by atoms with E-state index in [1.54, 1.807) is 36.5 Å². The Labute approximate surface area is 475 Å². The molecule has 1 fully saturated rings. The monoisotopic (exact) mass is 1130 g/mol. The Hall–Kier alpha value is -6.54. The predicted octanol–water partition coefficient (Wildman–Crippen LogP) is -0.882. The third-order valence-corrected chi connectivity index (χ3v) is 14.2. The van der Waals surface area contributed by atoms with Crippen molar-refractivity contribution in [1.82, 2.24) is 52.8 Å². The maximum Gasteiger partial charge on any atom is 0.243 e. The molecule has 0 spiro atoms. The zero-order chi connectivity index (χ0) is 59.4. The molecular formula is C57H91N13O11. The topological polar surface area (TPSA) is 399 Å². The number of nitrogens with two attached hydrogens (primary N) is 3. The van der Waals surface area contributed by atoms with E-state index in [0.717, 1.165) is 42.1 Å². The predicted molar refractivity (Wildman–Crippen MR) is 307 cm³/mol. The second-order valence-corrected chi connectivity index (χ2v) is 21.5. The van der Waals surface area contributed by atoms with Gasteiger partial charge in [-0.3, -0.25) is 43.7 Å². The van der Waals surface area contributed by atoms with Crippen LogP contribution in [-0.4, -0.2) is 161 Å². The van der Waals surface area contributed by atoms with Gasteiger partial charge in [-0.25, -0.2) is 0 Å². The van der Waals surface area contributed by atoms with Gasteiger partial charge in [0, 0.05) is 30.1 Å². The number of H-pyrrole nitrogens is 1. The van der Waals surface area contributed by atoms with Crippen LogP contribution in [0, 0.1) is 5.92 Å². The summed E-state index contributed by atoms with van der Waals surface area (Å²) in [6.07, 6.45) is 2.26. The molecule has 1 aliphatic heterocycles. The molecule has 3 aromatic rings. The van der Waals surface area contributed by atoms with Crippen LogP contribution in [0.1, 0.15) is 122 Å². The van der Waals surface area contributed by atoms with Crippen LogP contribution in [0.4, 0.5) is 0 Å². The van der Waals surface area contributed by atoms with E-state index in [0.29, 0.717) is 24.8 Å². The van der Waals surface area contributed by atoms with E-state index in [2.05, 4.69) is 59.8 Å². The van der Waals surface area contributed by atoms with Crippen molar-refractivity contribution in [3.8, 4) is 0 Å². The first-order valence-corrected chi connectivity index (χ1v) is 28.7. The van der Waals surface area contributed by atoms with Crippen molar-refractivity contribution < 1.29 is 53.7 Å². The van der Waals surface area contributed by atoms with Gasteiger partial charge in [-0.1, -0.05) is 101 Å². The highest BCUT2D eigenvalue weighted by Crippen LogP contribution is 2.20. The SMILES string of the molecule is CCCCCCC[C@@H](O)CC(=O)N[C@H](CCc1c[nH]c2ccccc12)C(=O)N[C@H]1CCNC(O)[C@H]([C@@H](C)O)NC(=O)[C@H](CCN)NC(=O)[C@H](CCN)NC(=O)[C@H](CC(C)C)NC(=O)[C@@H](Cc2ccccc2)NC(=O)[C@H](CCN)NC1=O. The second-order valence-electron chi connectivity index (χ2n) is 21.5. The van der Waals surface area contributed by atoms with Gasteiger partial charge < -0.3 is 80.0 Å². The number of rotatable bonds is 25. The van der Waals surface area contributed by atoms with Crippen LogP contribution in [0.2, 0.25) is 0 Å². The van der Waals surface area contributed by atoms with Gasteiger partial charge in [-0.15, -0.1) is 0 Å². The number of fused-ring (bicyclic) bond motifs is 1. The number of carbonyl (C=O) groups excluding carboxylic acids is 8. The molecule has 1 aliphatic rings. The van der Waals surface area contributed by atoms with Crippen LogP contribution in [0.5, 0.6) is 0 Å². The number of aliphatic hydroxyl groups is 3. The van der Waals surface area contributed by atoms with Crippen LogP contribution in [0.15, 0.2) is 60.8 Å². The Balaban J connectivity index is 1.76. The lowest BCUT2D eigenvalue weighted by Gasteiger charge is -2.30. The van der Waals surface area contributed by atoms with Crippen LogP contribution in [-0.2, 0) is 51.2 Å². The van der Waals surface area contributed by atoms with Gasteiger partial charge in [0.1, 0.15) is 48.5 Å². The minimum absolute atomic E-state index is 0.0512. The maximum atomic E-state index is 14.7. The summed E-state index contributed by atoms with van der Waals surface area (Å²) >= 11 is 0. The van der Waals surface area contributed by atoms with Gasteiger partial charge >= 0.3 is 0 Å². The van der Waals surface area contributed by atoms with Gasteiger partial charge in [0.05, 0.1) is 24.7 Å². The van der Waals surface area contributed by atoms with Gasteiger partial charge in [-0.05, 0) is 101 Å². The minimum atomic E-state index is -1.71. The highest BCUT2D eigenvalue weighted by Gasteiger charge is 2.36. The fourth-order valence-electron chi connectivity index (χ4n) is 9.66. The van der Waals surface area contributed by atoms with Gasteiger partial charge in [-0.2, -0.15) is 0 Å². The Morgan fingerprint density at radius 2 is 1.21 bits per heavy atom. The molecule has 450 valence electrons. The summed E-state index contributed by atoms with van der Waals surface area (Å²) in [6.45, 7) is 6.48. The van der Waals surface area contributed by atoms with E-state index >= 15 is 0 Å². The van der Waals surface area contributed by atoms with Gasteiger partial charge in [0.15, 0.2) is 0 Å². The number of aromatic nitrogens is 1. The Morgan fingerprint density at radius 1 is 0.667 bits per heavy atom. The smallest absolute Gasteiger partial charge is 0.243 e. The molecule has 19 N–H and O–H groups in total. The normalized spacial score (nSPS) is 23.4. The van der Waals surface area contributed by atoms with Crippen molar-refractivity contribution in [2.75, 3.05) is 26.2 Å². The van der Waals surface area contributed by atoms with Crippen molar-refractivity contribution in [1.29, 1.82) is 0 Å². The van der Waals surface area contributed by atoms with Crippen molar-refractivity contribution in [2.24, 2.45) is 23.1 Å². The summed E-state index contributed by atoms with van der Waals surface area (Å²) in [4.78, 5) is 117. The maximum absolute atomic E-state index is 14.7. The summed E-state index contributed by atoms with van der Waals surface area (Å²) in [5, 5.41) is 58.5.